The molecule has 17 heavy (non-hydrogen) atoms. The molecule has 0 fully saturated rings. The molecule has 1 N–H and O–H groups in total. The molecule has 0 amide bonds. The van der Waals surface area contributed by atoms with Gasteiger partial charge in [0.2, 0.25) is 0 Å². The zero-order valence-electron chi connectivity index (χ0n) is 9.86. The number of hydrogen-bond acceptors (Lipinski definition) is 2. The number of rotatable bonds is 5. The standard InChI is InChI=1S/C13H16ClN3/c1-2-7-15-10-12-6-8-17(16-12)13-5-3-4-11(14)9-13/h3-6,8-9,15H,2,7,10H2,1H3. The molecule has 1 aromatic carbocycles. The molecular weight excluding hydrogens is 234 g/mol. The van der Waals surface area contributed by atoms with Gasteiger partial charge in [-0.1, -0.05) is 24.6 Å². The SMILES string of the molecule is CCCNCc1ccn(-c2cccc(Cl)c2)n1. The molecule has 0 aliphatic heterocycles. The van der Waals surface area contributed by atoms with Crippen molar-refractivity contribution in [2.45, 2.75) is 19.9 Å². The van der Waals surface area contributed by atoms with Crippen molar-refractivity contribution < 1.29 is 0 Å². The van der Waals surface area contributed by atoms with Crippen LogP contribution in [-0.4, -0.2) is 16.3 Å². The molecule has 0 unspecified atom stereocenters. The summed E-state index contributed by atoms with van der Waals surface area (Å²) in [6.45, 7) is 3.98. The molecule has 0 radical (unpaired) electrons. The lowest BCUT2D eigenvalue weighted by Crippen LogP contribution is -2.14. The third-order valence-electron chi connectivity index (χ3n) is 2.45. The monoisotopic (exact) mass is 249 g/mol. The van der Waals surface area contributed by atoms with Crippen molar-refractivity contribution in [1.82, 2.24) is 15.1 Å². The van der Waals surface area contributed by atoms with Gasteiger partial charge in [-0.05, 0) is 37.2 Å². The molecule has 0 aliphatic rings. The van der Waals surface area contributed by atoms with Gasteiger partial charge >= 0.3 is 0 Å². The Hall–Kier alpha value is -1.32. The summed E-state index contributed by atoms with van der Waals surface area (Å²) in [5, 5.41) is 8.54. The summed E-state index contributed by atoms with van der Waals surface area (Å²) < 4.78 is 1.84. The van der Waals surface area contributed by atoms with Gasteiger partial charge in [-0.15, -0.1) is 0 Å². The van der Waals surface area contributed by atoms with Crippen LogP contribution in [0.15, 0.2) is 36.5 Å². The molecular formula is C13H16ClN3. The Morgan fingerprint density at radius 1 is 1.35 bits per heavy atom. The Morgan fingerprint density at radius 2 is 2.24 bits per heavy atom. The molecule has 0 bridgehead atoms. The molecule has 0 saturated heterocycles. The number of nitrogens with zero attached hydrogens (tertiary/aromatic N) is 2. The summed E-state index contributed by atoms with van der Waals surface area (Å²) in [5.74, 6) is 0. The Balaban J connectivity index is 2.07. The fraction of sp³-hybridized carbons (Fsp3) is 0.308. The summed E-state index contributed by atoms with van der Waals surface area (Å²) in [6.07, 6.45) is 3.09. The highest BCUT2D eigenvalue weighted by molar-refractivity contribution is 6.30. The minimum absolute atomic E-state index is 0.726. The van der Waals surface area contributed by atoms with E-state index in [0.29, 0.717) is 0 Å². The van der Waals surface area contributed by atoms with Crippen LogP contribution in [0.2, 0.25) is 5.02 Å². The fourth-order valence-electron chi connectivity index (χ4n) is 1.61. The third kappa shape index (κ3) is 3.32. The van der Waals surface area contributed by atoms with Crippen molar-refractivity contribution in [2.75, 3.05) is 6.54 Å². The summed E-state index contributed by atoms with van der Waals surface area (Å²) in [5.41, 5.74) is 2.03. The van der Waals surface area contributed by atoms with Crippen molar-refractivity contribution in [3.05, 3.63) is 47.2 Å². The number of halogens is 1. The second-order valence-electron chi connectivity index (χ2n) is 3.91. The Labute approximate surface area is 106 Å². The lowest BCUT2D eigenvalue weighted by atomic mass is 10.3. The second-order valence-corrected chi connectivity index (χ2v) is 4.34. The van der Waals surface area contributed by atoms with E-state index in [4.69, 9.17) is 11.6 Å². The van der Waals surface area contributed by atoms with Crippen molar-refractivity contribution in [2.24, 2.45) is 0 Å². The van der Waals surface area contributed by atoms with Crippen molar-refractivity contribution in [3.8, 4) is 5.69 Å². The van der Waals surface area contributed by atoms with Crippen LogP contribution >= 0.6 is 11.6 Å². The van der Waals surface area contributed by atoms with Crippen molar-refractivity contribution >= 4 is 11.6 Å². The first-order valence-electron chi connectivity index (χ1n) is 5.81. The van der Waals surface area contributed by atoms with Crippen molar-refractivity contribution in [3.63, 3.8) is 0 Å². The van der Waals surface area contributed by atoms with Crippen molar-refractivity contribution in [1.29, 1.82) is 0 Å². The smallest absolute Gasteiger partial charge is 0.0766 e. The highest BCUT2D eigenvalue weighted by Gasteiger charge is 2.01. The van der Waals surface area contributed by atoms with Crippen LogP contribution in [0.5, 0.6) is 0 Å². The lowest BCUT2D eigenvalue weighted by molar-refractivity contribution is 0.656. The van der Waals surface area contributed by atoms with Gasteiger partial charge in [0.05, 0.1) is 11.4 Å². The largest absolute Gasteiger partial charge is 0.311 e. The maximum atomic E-state index is 5.95. The maximum absolute atomic E-state index is 5.95. The summed E-state index contributed by atoms with van der Waals surface area (Å²) in [6, 6.07) is 9.69. The highest BCUT2D eigenvalue weighted by Crippen LogP contribution is 2.14. The van der Waals surface area contributed by atoms with Gasteiger partial charge in [0, 0.05) is 17.8 Å². The van der Waals surface area contributed by atoms with E-state index in [1.54, 1.807) is 0 Å². The molecule has 4 heteroatoms. The van der Waals surface area contributed by atoms with Gasteiger partial charge in [-0.2, -0.15) is 5.10 Å². The van der Waals surface area contributed by atoms with Gasteiger partial charge in [0.25, 0.3) is 0 Å². The van der Waals surface area contributed by atoms with E-state index >= 15 is 0 Å². The number of hydrogen-bond donors (Lipinski definition) is 1. The number of aromatic nitrogens is 2. The number of benzene rings is 1. The van der Waals surface area contributed by atoms with E-state index in [2.05, 4.69) is 17.3 Å². The molecule has 2 aromatic rings. The Kier molecular flexibility index (Phi) is 4.18. The molecule has 0 aliphatic carbocycles. The topological polar surface area (TPSA) is 29.9 Å². The first-order valence-corrected chi connectivity index (χ1v) is 6.18. The van der Waals surface area contributed by atoms with Crippen LogP contribution in [0, 0.1) is 0 Å². The lowest BCUT2D eigenvalue weighted by Gasteiger charge is -2.02. The van der Waals surface area contributed by atoms with Gasteiger partial charge in [-0.25, -0.2) is 4.68 Å². The third-order valence-corrected chi connectivity index (χ3v) is 2.69. The van der Waals surface area contributed by atoms with Gasteiger partial charge in [0.1, 0.15) is 0 Å². The van der Waals surface area contributed by atoms with Crippen LogP contribution in [0.1, 0.15) is 19.0 Å². The van der Waals surface area contributed by atoms with E-state index in [-0.39, 0.29) is 0 Å². The van der Waals surface area contributed by atoms with Crippen LogP contribution in [0.25, 0.3) is 5.69 Å². The van der Waals surface area contributed by atoms with Crippen LogP contribution in [0.4, 0.5) is 0 Å². The highest BCUT2D eigenvalue weighted by atomic mass is 35.5. The first kappa shape index (κ1) is 12.1. The average molecular weight is 250 g/mol. The van der Waals surface area contributed by atoms with E-state index in [1.165, 1.54) is 0 Å². The van der Waals surface area contributed by atoms with E-state index < -0.39 is 0 Å². The van der Waals surface area contributed by atoms with Crippen LogP contribution in [0.3, 0.4) is 0 Å². The molecule has 0 spiro atoms. The van der Waals surface area contributed by atoms with Crippen LogP contribution < -0.4 is 5.32 Å². The average Bonchev–Trinajstić information content (AvgIpc) is 2.78. The zero-order valence-corrected chi connectivity index (χ0v) is 10.6. The minimum Gasteiger partial charge on any atom is -0.311 e. The fourth-order valence-corrected chi connectivity index (χ4v) is 1.80. The minimum atomic E-state index is 0.726. The number of nitrogens with one attached hydrogen (secondary N) is 1. The molecule has 3 nitrogen and oxygen atoms in total. The summed E-state index contributed by atoms with van der Waals surface area (Å²) in [7, 11) is 0. The zero-order chi connectivity index (χ0) is 12.1. The van der Waals surface area contributed by atoms with Gasteiger partial charge < -0.3 is 5.32 Å². The molecule has 0 atom stereocenters. The predicted molar refractivity (Wildman–Crippen MR) is 70.6 cm³/mol. The summed E-state index contributed by atoms with van der Waals surface area (Å²) >= 11 is 5.95. The van der Waals surface area contributed by atoms with E-state index in [9.17, 15) is 0 Å². The molecule has 2 rings (SSSR count). The second kappa shape index (κ2) is 5.84. The molecule has 90 valence electrons. The normalized spacial score (nSPS) is 10.7. The molecule has 1 aromatic heterocycles. The first-order chi connectivity index (χ1) is 8.29. The van der Waals surface area contributed by atoms with E-state index in [0.717, 1.165) is 35.9 Å². The van der Waals surface area contributed by atoms with E-state index in [1.807, 2.05) is 41.2 Å². The maximum Gasteiger partial charge on any atom is 0.0766 e. The van der Waals surface area contributed by atoms with Gasteiger partial charge in [-0.3, -0.25) is 0 Å². The summed E-state index contributed by atoms with van der Waals surface area (Å²) in [4.78, 5) is 0. The molecule has 0 saturated carbocycles. The quantitative estimate of drug-likeness (QED) is 0.826. The Bertz CT molecular complexity index is 479. The van der Waals surface area contributed by atoms with Crippen LogP contribution in [-0.2, 0) is 6.54 Å². The predicted octanol–water partition coefficient (Wildman–Crippen LogP) is 3.03. The van der Waals surface area contributed by atoms with Gasteiger partial charge in [0.15, 0.2) is 0 Å². The Morgan fingerprint density at radius 3 is 3.00 bits per heavy atom. The molecule has 1 heterocycles.